The third kappa shape index (κ3) is 6.92. The highest BCUT2D eigenvalue weighted by atomic mass is 79.9. The molecule has 5 aromatic rings. The highest BCUT2D eigenvalue weighted by Gasteiger charge is 2.13. The maximum Gasteiger partial charge on any atom is 0.307 e. The van der Waals surface area contributed by atoms with Gasteiger partial charge in [0.2, 0.25) is 0 Å². The monoisotopic (exact) mass is 627 g/mol. The number of carbonyl (C=O) groups is 1. The van der Waals surface area contributed by atoms with E-state index in [1.165, 1.54) is 17.6 Å². The molecule has 42 heavy (non-hydrogen) atoms. The van der Waals surface area contributed by atoms with Gasteiger partial charge in [0.05, 0.1) is 17.8 Å². The molecule has 9 heteroatoms. The normalized spacial score (nSPS) is 11.0. The number of carbonyl (C=O) groups excluding carboxylic acids is 1. The Kier molecular flexibility index (Phi) is 9.08. The number of methoxy groups -OCH3 is 1. The number of furan rings is 1. The Morgan fingerprint density at radius 1 is 0.929 bits per heavy atom. The van der Waals surface area contributed by atoms with Gasteiger partial charge in [-0.1, -0.05) is 30.3 Å². The van der Waals surface area contributed by atoms with Crippen molar-refractivity contribution in [1.29, 1.82) is 0 Å². The Labute approximate surface area is 252 Å². The first-order chi connectivity index (χ1) is 20.4. The van der Waals surface area contributed by atoms with Crippen LogP contribution in [0.1, 0.15) is 38.8 Å². The fourth-order valence-corrected chi connectivity index (χ4v) is 4.98. The molecule has 5 rings (SSSR count). The van der Waals surface area contributed by atoms with Gasteiger partial charge in [0, 0.05) is 17.1 Å². The standard InChI is InChI=1S/C33H30BrN3O5/c1-22-9-10-23(2)37(22)26-11-13-27(14-12-26)40-21-28-15-16-30(42-28)33(38)36-35-19-25-17-29(34)32(31(18-25)39-3)41-20-24-7-5-4-6-8-24/h4-19H,20-21H2,1-3H3,(H,36,38)/b35-19+. The van der Waals surface area contributed by atoms with E-state index in [9.17, 15) is 4.79 Å². The molecule has 0 spiro atoms. The molecule has 0 unspecified atom stereocenters. The molecule has 214 valence electrons. The van der Waals surface area contributed by atoms with Crippen LogP contribution in [-0.4, -0.2) is 23.8 Å². The van der Waals surface area contributed by atoms with Gasteiger partial charge in [-0.2, -0.15) is 5.10 Å². The Bertz CT molecular complexity index is 1670. The van der Waals surface area contributed by atoms with E-state index in [-0.39, 0.29) is 12.4 Å². The number of rotatable bonds is 11. The SMILES string of the molecule is COc1cc(/C=N/NC(=O)c2ccc(COc3ccc(-n4c(C)ccc4C)cc3)o2)cc(Br)c1OCc1ccccc1. The molecule has 0 aliphatic heterocycles. The summed E-state index contributed by atoms with van der Waals surface area (Å²) in [6.45, 7) is 4.73. The molecule has 3 aromatic carbocycles. The van der Waals surface area contributed by atoms with Crippen LogP contribution in [0.4, 0.5) is 0 Å². The van der Waals surface area contributed by atoms with Crippen LogP contribution < -0.4 is 19.6 Å². The molecule has 0 atom stereocenters. The summed E-state index contributed by atoms with van der Waals surface area (Å²) in [6, 6.07) is 28.8. The van der Waals surface area contributed by atoms with Crippen molar-refractivity contribution >= 4 is 28.1 Å². The number of benzene rings is 3. The summed E-state index contributed by atoms with van der Waals surface area (Å²) < 4.78 is 25.9. The molecule has 0 aliphatic carbocycles. The van der Waals surface area contributed by atoms with E-state index < -0.39 is 5.91 Å². The predicted octanol–water partition coefficient (Wildman–Crippen LogP) is 7.38. The average Bonchev–Trinajstić information content (AvgIpc) is 3.62. The molecular formula is C33H30BrN3O5. The Morgan fingerprint density at radius 2 is 1.67 bits per heavy atom. The molecule has 0 aliphatic rings. The van der Waals surface area contributed by atoms with E-state index in [4.69, 9.17) is 18.6 Å². The van der Waals surface area contributed by atoms with Gasteiger partial charge < -0.3 is 23.2 Å². The molecular weight excluding hydrogens is 598 g/mol. The van der Waals surface area contributed by atoms with E-state index >= 15 is 0 Å². The summed E-state index contributed by atoms with van der Waals surface area (Å²) in [4.78, 5) is 12.6. The smallest absolute Gasteiger partial charge is 0.307 e. The van der Waals surface area contributed by atoms with Gasteiger partial charge >= 0.3 is 5.91 Å². The van der Waals surface area contributed by atoms with E-state index in [0.29, 0.717) is 39.7 Å². The number of hydrazone groups is 1. The zero-order valence-electron chi connectivity index (χ0n) is 23.5. The first-order valence-corrected chi connectivity index (χ1v) is 14.0. The first kappa shape index (κ1) is 28.8. The molecule has 1 amide bonds. The van der Waals surface area contributed by atoms with Crippen molar-refractivity contribution in [3.05, 3.63) is 130 Å². The van der Waals surface area contributed by atoms with Gasteiger partial charge in [0.25, 0.3) is 0 Å². The van der Waals surface area contributed by atoms with Crippen molar-refractivity contribution in [3.63, 3.8) is 0 Å². The second-order valence-electron chi connectivity index (χ2n) is 9.51. The number of nitrogens with one attached hydrogen (secondary N) is 1. The van der Waals surface area contributed by atoms with Crippen molar-refractivity contribution < 1.29 is 23.4 Å². The minimum absolute atomic E-state index is 0.128. The van der Waals surface area contributed by atoms with Crippen molar-refractivity contribution in [1.82, 2.24) is 9.99 Å². The van der Waals surface area contributed by atoms with Gasteiger partial charge in [0.1, 0.15) is 24.7 Å². The minimum Gasteiger partial charge on any atom is -0.493 e. The summed E-state index contributed by atoms with van der Waals surface area (Å²) in [6.07, 6.45) is 1.51. The number of hydrogen-bond acceptors (Lipinski definition) is 6. The van der Waals surface area contributed by atoms with Crippen molar-refractivity contribution in [2.24, 2.45) is 5.10 Å². The molecule has 0 saturated heterocycles. The topological polar surface area (TPSA) is 87.2 Å². The second kappa shape index (κ2) is 13.3. The van der Waals surface area contributed by atoms with Gasteiger partial charge in [-0.25, -0.2) is 5.43 Å². The van der Waals surface area contributed by atoms with E-state index in [1.54, 1.807) is 25.3 Å². The quantitative estimate of drug-likeness (QED) is 0.122. The molecule has 0 fully saturated rings. The lowest BCUT2D eigenvalue weighted by atomic mass is 10.2. The second-order valence-corrected chi connectivity index (χ2v) is 10.4. The fourth-order valence-electron chi connectivity index (χ4n) is 4.40. The average molecular weight is 629 g/mol. The lowest BCUT2D eigenvalue weighted by Gasteiger charge is -2.13. The van der Waals surface area contributed by atoms with Crippen molar-refractivity contribution in [3.8, 4) is 22.9 Å². The molecule has 2 heterocycles. The molecule has 0 radical (unpaired) electrons. The van der Waals surface area contributed by atoms with Crippen LogP contribution in [0.25, 0.3) is 5.69 Å². The first-order valence-electron chi connectivity index (χ1n) is 13.3. The Hall–Kier alpha value is -4.76. The summed E-state index contributed by atoms with van der Waals surface area (Å²) in [5, 5.41) is 4.07. The van der Waals surface area contributed by atoms with Crippen LogP contribution >= 0.6 is 15.9 Å². The van der Waals surface area contributed by atoms with Crippen LogP contribution in [0.5, 0.6) is 17.2 Å². The number of hydrogen-bond donors (Lipinski definition) is 1. The van der Waals surface area contributed by atoms with Gasteiger partial charge in [-0.3, -0.25) is 4.79 Å². The van der Waals surface area contributed by atoms with Crippen molar-refractivity contribution in [2.45, 2.75) is 27.1 Å². The van der Waals surface area contributed by atoms with Gasteiger partial charge in [0.15, 0.2) is 17.3 Å². The van der Waals surface area contributed by atoms with Crippen molar-refractivity contribution in [2.75, 3.05) is 7.11 Å². The summed E-state index contributed by atoms with van der Waals surface area (Å²) >= 11 is 3.54. The number of aryl methyl sites for hydroxylation is 2. The number of ether oxygens (including phenoxy) is 3. The highest BCUT2D eigenvalue weighted by Crippen LogP contribution is 2.37. The number of nitrogens with zero attached hydrogens (tertiary/aromatic N) is 2. The van der Waals surface area contributed by atoms with Gasteiger partial charge in [-0.05, 0) is 102 Å². The van der Waals surface area contributed by atoms with E-state index in [1.807, 2.05) is 60.7 Å². The van der Waals surface area contributed by atoms with Crippen LogP contribution in [0.3, 0.4) is 0 Å². The summed E-state index contributed by atoms with van der Waals surface area (Å²) in [7, 11) is 1.57. The number of aromatic nitrogens is 1. The Balaban J connectivity index is 1.14. The van der Waals surface area contributed by atoms with E-state index in [0.717, 1.165) is 11.3 Å². The number of halogens is 1. The van der Waals surface area contributed by atoms with Crippen LogP contribution in [0, 0.1) is 13.8 Å². The largest absolute Gasteiger partial charge is 0.493 e. The van der Waals surface area contributed by atoms with Crippen LogP contribution in [0.15, 0.2) is 105 Å². The zero-order valence-corrected chi connectivity index (χ0v) is 25.1. The minimum atomic E-state index is -0.479. The van der Waals surface area contributed by atoms with Gasteiger partial charge in [-0.15, -0.1) is 0 Å². The third-order valence-corrected chi connectivity index (χ3v) is 7.08. The zero-order chi connectivity index (χ0) is 29.5. The fraction of sp³-hybridized carbons (Fsp3) is 0.152. The van der Waals surface area contributed by atoms with Crippen LogP contribution in [0.2, 0.25) is 0 Å². The van der Waals surface area contributed by atoms with E-state index in [2.05, 4.69) is 57.0 Å². The highest BCUT2D eigenvalue weighted by molar-refractivity contribution is 9.10. The van der Waals surface area contributed by atoms with Crippen LogP contribution in [-0.2, 0) is 13.2 Å². The molecule has 2 aromatic heterocycles. The predicted molar refractivity (Wildman–Crippen MR) is 165 cm³/mol. The maximum atomic E-state index is 12.6. The molecule has 0 saturated carbocycles. The molecule has 1 N–H and O–H groups in total. The summed E-state index contributed by atoms with van der Waals surface area (Å²) in [5.74, 6) is 1.98. The third-order valence-electron chi connectivity index (χ3n) is 6.49. The Morgan fingerprint density at radius 3 is 2.38 bits per heavy atom. The molecule has 8 nitrogen and oxygen atoms in total. The summed E-state index contributed by atoms with van der Waals surface area (Å²) in [5.41, 5.74) is 7.63. The molecule has 0 bridgehead atoms. The maximum absolute atomic E-state index is 12.6. The lowest BCUT2D eigenvalue weighted by Crippen LogP contribution is -2.16. The number of amides is 1. The lowest BCUT2D eigenvalue weighted by molar-refractivity contribution is 0.0923.